The molecule has 86 valence electrons. The maximum Gasteiger partial charge on any atom is 0.232 e. The van der Waals surface area contributed by atoms with Gasteiger partial charge in [-0.05, 0) is 29.9 Å². The zero-order valence-electron chi connectivity index (χ0n) is 9.40. The summed E-state index contributed by atoms with van der Waals surface area (Å²) in [6.45, 7) is 1.50. The molecule has 0 spiro atoms. The zero-order chi connectivity index (χ0) is 11.5. The van der Waals surface area contributed by atoms with Gasteiger partial charge in [0.05, 0.1) is 5.75 Å². The van der Waals surface area contributed by atoms with Gasteiger partial charge in [-0.2, -0.15) is 11.8 Å². The number of hydrogen-bond acceptors (Lipinski definition) is 3. The molecule has 0 unspecified atom stereocenters. The molecule has 0 saturated heterocycles. The van der Waals surface area contributed by atoms with Gasteiger partial charge in [0, 0.05) is 18.8 Å². The fourth-order valence-corrected chi connectivity index (χ4v) is 2.50. The lowest BCUT2D eigenvalue weighted by Gasteiger charge is -2.29. The van der Waals surface area contributed by atoms with Gasteiger partial charge in [0.25, 0.3) is 0 Å². The number of fused-ring (bicyclic) bond motifs is 1. The van der Waals surface area contributed by atoms with E-state index in [0.717, 1.165) is 18.7 Å². The molecule has 0 atom stereocenters. The fourth-order valence-electron chi connectivity index (χ4n) is 2.07. The summed E-state index contributed by atoms with van der Waals surface area (Å²) in [7, 11) is 0. The average molecular weight is 236 g/mol. The molecule has 0 fully saturated rings. The van der Waals surface area contributed by atoms with Gasteiger partial charge < -0.3 is 10.6 Å². The maximum atomic E-state index is 11.8. The van der Waals surface area contributed by atoms with E-state index in [1.54, 1.807) is 11.8 Å². The van der Waals surface area contributed by atoms with Crippen molar-refractivity contribution in [1.29, 1.82) is 0 Å². The van der Waals surface area contributed by atoms with Crippen molar-refractivity contribution >= 4 is 23.4 Å². The minimum atomic E-state index is 0.223. The Kier molecular flexibility index (Phi) is 3.39. The van der Waals surface area contributed by atoms with Gasteiger partial charge in [-0.15, -0.1) is 0 Å². The third-order valence-corrected chi connectivity index (χ3v) is 3.46. The SMILES string of the molecule is CSCC(=O)N1CCc2c(N)cccc2C1. The number of benzene rings is 1. The number of hydrogen-bond donors (Lipinski definition) is 1. The molecule has 1 amide bonds. The summed E-state index contributed by atoms with van der Waals surface area (Å²) in [6, 6.07) is 5.94. The molecule has 1 aromatic rings. The van der Waals surface area contributed by atoms with E-state index in [9.17, 15) is 4.79 Å². The molecule has 0 radical (unpaired) electrons. The number of nitrogen functional groups attached to an aromatic ring is 1. The van der Waals surface area contributed by atoms with Gasteiger partial charge in [0.1, 0.15) is 0 Å². The quantitative estimate of drug-likeness (QED) is 0.792. The first-order valence-corrected chi connectivity index (χ1v) is 6.74. The number of carbonyl (C=O) groups excluding carboxylic acids is 1. The number of anilines is 1. The molecule has 4 heteroatoms. The van der Waals surface area contributed by atoms with Crippen LogP contribution in [-0.2, 0) is 17.8 Å². The first kappa shape index (κ1) is 11.3. The Labute approximate surface area is 100.0 Å². The summed E-state index contributed by atoms with van der Waals surface area (Å²) in [5.74, 6) is 0.790. The van der Waals surface area contributed by atoms with Gasteiger partial charge >= 0.3 is 0 Å². The van der Waals surface area contributed by atoms with Crippen molar-refractivity contribution in [2.75, 3.05) is 24.3 Å². The van der Waals surface area contributed by atoms with Crippen LogP contribution in [0.1, 0.15) is 11.1 Å². The van der Waals surface area contributed by atoms with Crippen LogP contribution in [0.3, 0.4) is 0 Å². The zero-order valence-corrected chi connectivity index (χ0v) is 10.2. The van der Waals surface area contributed by atoms with Crippen molar-refractivity contribution in [3.63, 3.8) is 0 Å². The molecule has 1 heterocycles. The monoisotopic (exact) mass is 236 g/mol. The van der Waals surface area contributed by atoms with Crippen molar-refractivity contribution in [2.24, 2.45) is 0 Å². The van der Waals surface area contributed by atoms with Crippen molar-refractivity contribution in [3.05, 3.63) is 29.3 Å². The van der Waals surface area contributed by atoms with E-state index in [1.165, 1.54) is 11.1 Å². The second-order valence-corrected chi connectivity index (χ2v) is 4.85. The third-order valence-electron chi connectivity index (χ3n) is 2.92. The van der Waals surface area contributed by atoms with Crippen LogP contribution in [0.2, 0.25) is 0 Å². The molecular formula is C12H16N2OS. The standard InChI is InChI=1S/C12H16N2OS/c1-16-8-12(15)14-6-5-10-9(7-14)3-2-4-11(10)13/h2-4H,5-8,13H2,1H3. The topological polar surface area (TPSA) is 46.3 Å². The molecule has 3 nitrogen and oxygen atoms in total. The lowest BCUT2D eigenvalue weighted by atomic mass is 9.98. The third kappa shape index (κ3) is 2.16. The molecule has 1 aliphatic rings. The highest BCUT2D eigenvalue weighted by atomic mass is 32.2. The van der Waals surface area contributed by atoms with Gasteiger partial charge in [-0.25, -0.2) is 0 Å². The summed E-state index contributed by atoms with van der Waals surface area (Å²) in [4.78, 5) is 13.7. The van der Waals surface area contributed by atoms with Crippen molar-refractivity contribution < 1.29 is 4.79 Å². The second kappa shape index (κ2) is 4.78. The van der Waals surface area contributed by atoms with Crippen LogP contribution in [-0.4, -0.2) is 29.4 Å². The predicted octanol–water partition coefficient (Wildman–Crippen LogP) is 1.52. The Morgan fingerprint density at radius 1 is 1.56 bits per heavy atom. The van der Waals surface area contributed by atoms with Crippen LogP contribution in [0, 0.1) is 0 Å². The number of amides is 1. The lowest BCUT2D eigenvalue weighted by Crippen LogP contribution is -2.37. The number of thioether (sulfide) groups is 1. The van der Waals surface area contributed by atoms with E-state index >= 15 is 0 Å². The normalized spacial score (nSPS) is 14.7. The molecule has 0 bridgehead atoms. The van der Waals surface area contributed by atoms with Crippen molar-refractivity contribution in [1.82, 2.24) is 4.90 Å². The van der Waals surface area contributed by atoms with Crippen molar-refractivity contribution in [3.8, 4) is 0 Å². The van der Waals surface area contributed by atoms with Crippen LogP contribution >= 0.6 is 11.8 Å². The highest BCUT2D eigenvalue weighted by Gasteiger charge is 2.20. The maximum absolute atomic E-state index is 11.8. The van der Waals surface area contributed by atoms with E-state index in [4.69, 9.17) is 5.73 Å². The van der Waals surface area contributed by atoms with Crippen LogP contribution < -0.4 is 5.73 Å². The second-order valence-electron chi connectivity index (χ2n) is 3.98. The first-order chi connectivity index (χ1) is 7.72. The molecule has 0 aromatic heterocycles. The lowest BCUT2D eigenvalue weighted by molar-refractivity contribution is -0.129. The molecule has 16 heavy (non-hydrogen) atoms. The highest BCUT2D eigenvalue weighted by molar-refractivity contribution is 7.99. The molecule has 2 N–H and O–H groups in total. The summed E-state index contributed by atoms with van der Waals surface area (Å²) >= 11 is 1.57. The van der Waals surface area contributed by atoms with Crippen molar-refractivity contribution in [2.45, 2.75) is 13.0 Å². The van der Waals surface area contributed by atoms with E-state index in [0.29, 0.717) is 12.3 Å². The van der Waals surface area contributed by atoms with E-state index in [-0.39, 0.29) is 5.91 Å². The van der Waals surface area contributed by atoms with Gasteiger partial charge in [0.2, 0.25) is 5.91 Å². The Balaban J connectivity index is 2.15. The van der Waals surface area contributed by atoms with Crippen LogP contribution in [0.25, 0.3) is 0 Å². The summed E-state index contributed by atoms with van der Waals surface area (Å²) in [6.07, 6.45) is 2.83. The molecule has 0 saturated carbocycles. The Morgan fingerprint density at radius 2 is 2.38 bits per heavy atom. The molecule has 1 aromatic carbocycles. The smallest absolute Gasteiger partial charge is 0.232 e. The molecule has 0 aliphatic carbocycles. The number of nitrogens with two attached hydrogens (primary N) is 1. The average Bonchev–Trinajstić information content (AvgIpc) is 2.29. The van der Waals surface area contributed by atoms with Gasteiger partial charge in [0.15, 0.2) is 0 Å². The Bertz CT molecular complexity index is 406. The first-order valence-electron chi connectivity index (χ1n) is 5.35. The fraction of sp³-hybridized carbons (Fsp3) is 0.417. The summed E-state index contributed by atoms with van der Waals surface area (Å²) in [5, 5.41) is 0. The van der Waals surface area contributed by atoms with E-state index in [2.05, 4.69) is 6.07 Å². The van der Waals surface area contributed by atoms with Crippen LogP contribution in [0.4, 0.5) is 5.69 Å². The van der Waals surface area contributed by atoms with Crippen LogP contribution in [0.15, 0.2) is 18.2 Å². The Hall–Kier alpha value is -1.16. The highest BCUT2D eigenvalue weighted by Crippen LogP contribution is 2.24. The number of rotatable bonds is 2. The molecule has 1 aliphatic heterocycles. The van der Waals surface area contributed by atoms with Gasteiger partial charge in [-0.3, -0.25) is 4.79 Å². The minimum Gasteiger partial charge on any atom is -0.398 e. The predicted molar refractivity (Wildman–Crippen MR) is 68.4 cm³/mol. The summed E-state index contributed by atoms with van der Waals surface area (Å²) in [5.41, 5.74) is 9.18. The van der Waals surface area contributed by atoms with Crippen LogP contribution in [0.5, 0.6) is 0 Å². The Morgan fingerprint density at radius 3 is 3.12 bits per heavy atom. The largest absolute Gasteiger partial charge is 0.398 e. The molecular weight excluding hydrogens is 220 g/mol. The van der Waals surface area contributed by atoms with Gasteiger partial charge in [-0.1, -0.05) is 12.1 Å². The number of nitrogens with zero attached hydrogens (tertiary/aromatic N) is 1. The summed E-state index contributed by atoms with van der Waals surface area (Å²) < 4.78 is 0. The van der Waals surface area contributed by atoms with E-state index in [1.807, 2.05) is 23.3 Å². The number of carbonyl (C=O) groups is 1. The molecule has 2 rings (SSSR count). The van der Waals surface area contributed by atoms with E-state index < -0.39 is 0 Å². The minimum absolute atomic E-state index is 0.223.